The molecule has 1 atom stereocenters. The van der Waals surface area contributed by atoms with E-state index in [0.29, 0.717) is 0 Å². The van der Waals surface area contributed by atoms with Gasteiger partial charge in [-0.05, 0) is 43.0 Å². The van der Waals surface area contributed by atoms with Crippen molar-refractivity contribution in [1.29, 1.82) is 0 Å². The summed E-state index contributed by atoms with van der Waals surface area (Å²) in [4.78, 5) is 14.0. The van der Waals surface area contributed by atoms with Gasteiger partial charge in [-0.15, -0.1) is 0 Å². The molecule has 0 spiro atoms. The first-order chi connectivity index (χ1) is 8.97. The number of nitrogens with zero attached hydrogens (tertiary/aromatic N) is 1. The molecule has 0 saturated carbocycles. The third-order valence-corrected chi connectivity index (χ3v) is 4.54. The normalized spacial score (nSPS) is 22.4. The Morgan fingerprint density at radius 1 is 1.53 bits per heavy atom. The molecular weight excluding hydrogens is 308 g/mol. The number of halogens is 1. The average Bonchev–Trinajstić information content (AvgIpc) is 2.63. The van der Waals surface area contributed by atoms with Gasteiger partial charge in [0.15, 0.2) is 0 Å². The number of hydrogen-bond acceptors (Lipinski definition) is 2. The molecule has 3 rings (SSSR count). The molecule has 2 aromatic rings. The number of rotatable bonds is 2. The molecule has 0 unspecified atom stereocenters. The number of hydrogen-bond donors (Lipinski definition) is 1. The SMILES string of the molecule is C[C@@]1(C[N+](=O)[O-])CCc2c([nH]c3ccc(Br)cc23)C1. The number of H-pyrrole nitrogens is 1. The van der Waals surface area contributed by atoms with E-state index in [1.165, 1.54) is 16.6 Å². The maximum Gasteiger partial charge on any atom is 0.209 e. The Bertz CT molecular complexity index is 665. The van der Waals surface area contributed by atoms with E-state index in [-0.39, 0.29) is 16.9 Å². The first-order valence-electron chi connectivity index (χ1n) is 6.38. The lowest BCUT2D eigenvalue weighted by molar-refractivity contribution is -0.497. The van der Waals surface area contributed by atoms with Crippen LogP contribution in [-0.2, 0) is 12.8 Å². The predicted octanol–water partition coefficient (Wildman–Crippen LogP) is 3.70. The van der Waals surface area contributed by atoms with Crippen molar-refractivity contribution in [1.82, 2.24) is 4.98 Å². The first-order valence-corrected chi connectivity index (χ1v) is 7.17. The van der Waals surface area contributed by atoms with Crippen molar-refractivity contribution in [2.45, 2.75) is 26.2 Å². The summed E-state index contributed by atoms with van der Waals surface area (Å²) in [5, 5.41) is 12.0. The lowest BCUT2D eigenvalue weighted by atomic mass is 9.75. The number of benzene rings is 1. The van der Waals surface area contributed by atoms with Crippen molar-refractivity contribution < 1.29 is 4.92 Å². The molecule has 5 heteroatoms. The summed E-state index contributed by atoms with van der Waals surface area (Å²) in [5.74, 6) is 0. The molecule has 4 nitrogen and oxygen atoms in total. The number of aromatic amines is 1. The van der Waals surface area contributed by atoms with Gasteiger partial charge < -0.3 is 4.98 Å². The van der Waals surface area contributed by atoms with Crippen molar-refractivity contribution in [3.63, 3.8) is 0 Å². The molecule has 1 aromatic carbocycles. The zero-order valence-electron chi connectivity index (χ0n) is 10.7. The van der Waals surface area contributed by atoms with Crippen molar-refractivity contribution in [3.8, 4) is 0 Å². The number of nitrogens with one attached hydrogen (secondary N) is 1. The highest BCUT2D eigenvalue weighted by Crippen LogP contribution is 2.39. The molecule has 1 aromatic heterocycles. The van der Waals surface area contributed by atoms with E-state index >= 15 is 0 Å². The van der Waals surface area contributed by atoms with Gasteiger partial charge in [-0.25, -0.2) is 0 Å². The zero-order valence-corrected chi connectivity index (χ0v) is 12.3. The van der Waals surface area contributed by atoms with Crippen LogP contribution < -0.4 is 0 Å². The summed E-state index contributed by atoms with van der Waals surface area (Å²) in [6, 6.07) is 6.20. The Morgan fingerprint density at radius 2 is 2.32 bits per heavy atom. The lowest BCUT2D eigenvalue weighted by Crippen LogP contribution is -2.32. The van der Waals surface area contributed by atoms with Crippen molar-refractivity contribution >= 4 is 26.8 Å². The minimum atomic E-state index is -0.228. The second kappa shape index (κ2) is 4.34. The molecule has 1 aliphatic rings. The van der Waals surface area contributed by atoms with Crippen LogP contribution in [0.5, 0.6) is 0 Å². The minimum Gasteiger partial charge on any atom is -0.358 e. The standard InChI is InChI=1S/C14H15BrN2O2/c1-14(8-17(18)19)5-4-10-11-6-9(15)2-3-12(11)16-13(10)7-14/h2-3,6,16H,4-5,7-8H2,1H3/t14-/m1/s1. The molecule has 1 heterocycles. The second-order valence-corrected chi connectivity index (χ2v) is 6.67. The van der Waals surface area contributed by atoms with E-state index in [0.717, 1.165) is 29.3 Å². The topological polar surface area (TPSA) is 58.9 Å². The van der Waals surface area contributed by atoms with Gasteiger partial charge in [0.1, 0.15) is 0 Å². The maximum absolute atomic E-state index is 10.8. The molecular formula is C14H15BrN2O2. The van der Waals surface area contributed by atoms with Crippen LogP contribution in [0.15, 0.2) is 22.7 Å². The molecule has 0 amide bonds. The Balaban J connectivity index is 2.02. The van der Waals surface area contributed by atoms with Crippen LogP contribution >= 0.6 is 15.9 Å². The van der Waals surface area contributed by atoms with Crippen LogP contribution in [0.4, 0.5) is 0 Å². The Labute approximate surface area is 119 Å². The molecule has 1 N–H and O–H groups in total. The third-order valence-electron chi connectivity index (χ3n) is 4.05. The Hall–Kier alpha value is -1.36. The average molecular weight is 323 g/mol. The summed E-state index contributed by atoms with van der Waals surface area (Å²) < 4.78 is 1.07. The van der Waals surface area contributed by atoms with E-state index in [2.05, 4.69) is 33.0 Å². The van der Waals surface area contributed by atoms with Gasteiger partial charge in [-0.1, -0.05) is 22.9 Å². The Kier molecular flexibility index (Phi) is 2.89. The molecule has 0 saturated heterocycles. The number of aryl methyl sites for hydroxylation is 1. The van der Waals surface area contributed by atoms with Crippen molar-refractivity contribution in [2.75, 3.05) is 6.54 Å². The van der Waals surface area contributed by atoms with Crippen LogP contribution in [0.25, 0.3) is 10.9 Å². The van der Waals surface area contributed by atoms with Gasteiger partial charge in [-0.3, -0.25) is 10.1 Å². The van der Waals surface area contributed by atoms with Crippen LogP contribution in [-0.4, -0.2) is 16.5 Å². The van der Waals surface area contributed by atoms with Crippen molar-refractivity contribution in [3.05, 3.63) is 44.0 Å². The molecule has 0 bridgehead atoms. The van der Waals surface area contributed by atoms with Crippen LogP contribution in [0.1, 0.15) is 24.6 Å². The van der Waals surface area contributed by atoms with Crippen LogP contribution in [0, 0.1) is 15.5 Å². The molecule has 0 radical (unpaired) electrons. The minimum absolute atomic E-state index is 0.0471. The largest absolute Gasteiger partial charge is 0.358 e. The fraction of sp³-hybridized carbons (Fsp3) is 0.429. The monoisotopic (exact) mass is 322 g/mol. The predicted molar refractivity (Wildman–Crippen MR) is 78.0 cm³/mol. The van der Waals surface area contributed by atoms with Gasteiger partial charge in [0.25, 0.3) is 0 Å². The summed E-state index contributed by atoms with van der Waals surface area (Å²) in [5.41, 5.74) is 3.40. The van der Waals surface area contributed by atoms with Crippen LogP contribution in [0.3, 0.4) is 0 Å². The fourth-order valence-corrected chi connectivity index (χ4v) is 3.46. The van der Waals surface area contributed by atoms with Gasteiger partial charge in [0.2, 0.25) is 6.54 Å². The van der Waals surface area contributed by atoms with Gasteiger partial charge >= 0.3 is 0 Å². The van der Waals surface area contributed by atoms with E-state index in [1.807, 2.05) is 13.0 Å². The quantitative estimate of drug-likeness (QED) is 0.677. The summed E-state index contributed by atoms with van der Waals surface area (Å²) >= 11 is 3.50. The fourth-order valence-electron chi connectivity index (χ4n) is 3.10. The third kappa shape index (κ3) is 2.27. The zero-order chi connectivity index (χ0) is 13.6. The smallest absolute Gasteiger partial charge is 0.209 e. The molecule has 100 valence electrons. The maximum atomic E-state index is 10.8. The summed E-state index contributed by atoms with van der Waals surface area (Å²) in [6.45, 7) is 2.06. The molecule has 1 aliphatic carbocycles. The highest BCUT2D eigenvalue weighted by molar-refractivity contribution is 9.10. The highest BCUT2D eigenvalue weighted by Gasteiger charge is 2.36. The lowest BCUT2D eigenvalue weighted by Gasteiger charge is -2.29. The van der Waals surface area contributed by atoms with E-state index in [1.54, 1.807) is 0 Å². The van der Waals surface area contributed by atoms with E-state index in [4.69, 9.17) is 0 Å². The number of aromatic nitrogens is 1. The molecule has 0 aliphatic heterocycles. The number of nitro groups is 1. The van der Waals surface area contributed by atoms with Gasteiger partial charge in [0.05, 0.1) is 0 Å². The van der Waals surface area contributed by atoms with Gasteiger partial charge in [0, 0.05) is 31.4 Å². The molecule has 0 fully saturated rings. The highest BCUT2D eigenvalue weighted by atomic mass is 79.9. The summed E-state index contributed by atoms with van der Waals surface area (Å²) in [6.07, 6.45) is 2.55. The first kappa shape index (κ1) is 12.7. The number of fused-ring (bicyclic) bond motifs is 3. The van der Waals surface area contributed by atoms with Crippen LogP contribution in [0.2, 0.25) is 0 Å². The Morgan fingerprint density at radius 3 is 3.05 bits per heavy atom. The second-order valence-electron chi connectivity index (χ2n) is 5.75. The van der Waals surface area contributed by atoms with Crippen molar-refractivity contribution in [2.24, 2.45) is 5.41 Å². The summed E-state index contributed by atoms with van der Waals surface area (Å²) in [7, 11) is 0. The van der Waals surface area contributed by atoms with Gasteiger partial charge in [-0.2, -0.15) is 0 Å². The molecule has 19 heavy (non-hydrogen) atoms. The van der Waals surface area contributed by atoms with E-state index in [9.17, 15) is 10.1 Å². The van der Waals surface area contributed by atoms with E-state index < -0.39 is 0 Å².